The lowest BCUT2D eigenvalue weighted by Crippen LogP contribution is -2.33. The summed E-state index contributed by atoms with van der Waals surface area (Å²) in [7, 11) is -3.45. The maximum atomic E-state index is 12.6. The van der Waals surface area contributed by atoms with Gasteiger partial charge < -0.3 is 4.90 Å². The van der Waals surface area contributed by atoms with Crippen molar-refractivity contribution < 1.29 is 13.2 Å². The minimum atomic E-state index is -3.45. The zero-order valence-electron chi connectivity index (χ0n) is 15.5. The molecule has 0 saturated heterocycles. The highest BCUT2D eigenvalue weighted by Crippen LogP contribution is 2.24. The van der Waals surface area contributed by atoms with Crippen LogP contribution in [0.2, 0.25) is 0 Å². The van der Waals surface area contributed by atoms with Gasteiger partial charge in [-0.25, -0.2) is 8.42 Å². The van der Waals surface area contributed by atoms with Crippen LogP contribution in [-0.2, 0) is 21.1 Å². The normalized spacial score (nSPS) is 12.3. The summed E-state index contributed by atoms with van der Waals surface area (Å²) in [6.07, 6.45) is 1.37. The lowest BCUT2D eigenvalue weighted by atomic mass is 9.98. The Kier molecular flexibility index (Phi) is 6.61. The first kappa shape index (κ1) is 19.8. The first-order chi connectivity index (χ1) is 13.6. The van der Waals surface area contributed by atoms with Crippen molar-refractivity contribution in [2.75, 3.05) is 12.3 Å². The van der Waals surface area contributed by atoms with E-state index in [0.29, 0.717) is 6.42 Å². The predicted octanol–water partition coefficient (Wildman–Crippen LogP) is 3.90. The molecule has 3 rings (SSSR count). The largest absolute Gasteiger partial charge is 0.337 e. The predicted molar refractivity (Wildman–Crippen MR) is 111 cm³/mol. The molecule has 3 aromatic carbocycles. The van der Waals surface area contributed by atoms with E-state index in [-0.39, 0.29) is 23.2 Å². The first-order valence-electron chi connectivity index (χ1n) is 9.18. The molecule has 0 saturated carbocycles. The van der Waals surface area contributed by atoms with Gasteiger partial charge in [0.2, 0.25) is 6.41 Å². The van der Waals surface area contributed by atoms with Gasteiger partial charge in [0.25, 0.3) is 0 Å². The Hall–Kier alpha value is -2.92. The van der Waals surface area contributed by atoms with E-state index < -0.39 is 9.84 Å². The number of rotatable bonds is 9. The van der Waals surface area contributed by atoms with Gasteiger partial charge in [0, 0.05) is 6.54 Å². The van der Waals surface area contributed by atoms with Crippen LogP contribution < -0.4 is 0 Å². The molecule has 0 unspecified atom stereocenters. The fourth-order valence-electron chi connectivity index (χ4n) is 3.19. The van der Waals surface area contributed by atoms with Crippen molar-refractivity contribution in [3.8, 4) is 0 Å². The van der Waals surface area contributed by atoms with Gasteiger partial charge in [-0.15, -0.1) is 0 Å². The minimum absolute atomic E-state index is 0.117. The molecule has 0 bridgehead atoms. The second kappa shape index (κ2) is 9.33. The van der Waals surface area contributed by atoms with Crippen molar-refractivity contribution >= 4 is 16.2 Å². The zero-order chi connectivity index (χ0) is 19.8. The molecule has 0 N–H and O–H groups in total. The van der Waals surface area contributed by atoms with Crippen LogP contribution in [0.15, 0.2) is 95.9 Å². The van der Waals surface area contributed by atoms with Crippen molar-refractivity contribution in [2.24, 2.45) is 0 Å². The smallest absolute Gasteiger partial charge is 0.210 e. The number of nitrogens with zero attached hydrogens (tertiary/aromatic N) is 1. The lowest BCUT2D eigenvalue weighted by molar-refractivity contribution is -0.120. The Bertz CT molecular complexity index is 974. The number of amides is 1. The van der Waals surface area contributed by atoms with Gasteiger partial charge in [0.15, 0.2) is 9.84 Å². The molecule has 3 aromatic rings. The molecule has 0 fully saturated rings. The summed E-state index contributed by atoms with van der Waals surface area (Å²) in [4.78, 5) is 13.8. The number of hydrogen-bond donors (Lipinski definition) is 0. The second-order valence-electron chi connectivity index (χ2n) is 6.59. The average molecular weight is 394 g/mol. The molecule has 0 heterocycles. The van der Waals surface area contributed by atoms with E-state index in [2.05, 4.69) is 0 Å². The van der Waals surface area contributed by atoms with Gasteiger partial charge in [-0.1, -0.05) is 78.9 Å². The van der Waals surface area contributed by atoms with Crippen molar-refractivity contribution in [3.63, 3.8) is 0 Å². The van der Waals surface area contributed by atoms with Crippen LogP contribution in [0, 0.1) is 0 Å². The van der Waals surface area contributed by atoms with Crippen LogP contribution in [0.3, 0.4) is 0 Å². The topological polar surface area (TPSA) is 54.5 Å². The van der Waals surface area contributed by atoms with Gasteiger partial charge in [0.1, 0.15) is 0 Å². The Balaban J connectivity index is 1.82. The molecule has 28 heavy (non-hydrogen) atoms. The Morgan fingerprint density at radius 2 is 1.32 bits per heavy atom. The average Bonchev–Trinajstić information content (AvgIpc) is 2.75. The van der Waals surface area contributed by atoms with Crippen molar-refractivity contribution in [1.29, 1.82) is 0 Å². The van der Waals surface area contributed by atoms with E-state index in [4.69, 9.17) is 0 Å². The molecule has 144 valence electrons. The zero-order valence-corrected chi connectivity index (χ0v) is 16.3. The molecule has 0 aliphatic heterocycles. The standard InChI is InChI=1S/C23H23NO3S/c25-19-24(16-17-28(26,27)22-14-8-3-9-15-22)23(21-12-6-2-7-13-21)18-20-10-4-1-5-11-20/h1-15,19,23H,16-18H2/t23-/m0/s1. The number of carbonyl (C=O) groups is 1. The van der Waals surface area contributed by atoms with Gasteiger partial charge in [-0.2, -0.15) is 0 Å². The lowest BCUT2D eigenvalue weighted by Gasteiger charge is -2.29. The monoisotopic (exact) mass is 393 g/mol. The highest BCUT2D eigenvalue weighted by molar-refractivity contribution is 7.91. The summed E-state index contributed by atoms with van der Waals surface area (Å²) in [5, 5.41) is 0. The van der Waals surface area contributed by atoms with E-state index in [1.807, 2.05) is 60.7 Å². The molecule has 1 amide bonds. The van der Waals surface area contributed by atoms with Crippen LogP contribution in [0.4, 0.5) is 0 Å². The third-order valence-corrected chi connectivity index (χ3v) is 6.42. The van der Waals surface area contributed by atoms with Crippen molar-refractivity contribution in [2.45, 2.75) is 17.4 Å². The Morgan fingerprint density at radius 3 is 1.89 bits per heavy atom. The molecular formula is C23H23NO3S. The highest BCUT2D eigenvalue weighted by atomic mass is 32.2. The van der Waals surface area contributed by atoms with Gasteiger partial charge in [-0.05, 0) is 29.7 Å². The summed E-state index contributed by atoms with van der Waals surface area (Å²) < 4.78 is 25.3. The number of sulfone groups is 1. The fourth-order valence-corrected chi connectivity index (χ4v) is 4.45. The molecule has 4 nitrogen and oxygen atoms in total. The summed E-state index contributed by atoms with van der Waals surface area (Å²) in [5.41, 5.74) is 2.07. The van der Waals surface area contributed by atoms with Gasteiger partial charge in [-0.3, -0.25) is 4.79 Å². The van der Waals surface area contributed by atoms with E-state index in [1.54, 1.807) is 35.2 Å². The molecule has 5 heteroatoms. The first-order valence-corrected chi connectivity index (χ1v) is 10.8. The van der Waals surface area contributed by atoms with E-state index in [0.717, 1.165) is 17.5 Å². The van der Waals surface area contributed by atoms with E-state index in [1.165, 1.54) is 0 Å². The Morgan fingerprint density at radius 1 is 0.786 bits per heavy atom. The molecule has 0 aromatic heterocycles. The van der Waals surface area contributed by atoms with Gasteiger partial charge in [0.05, 0.1) is 16.7 Å². The molecular weight excluding hydrogens is 370 g/mol. The number of hydrogen-bond acceptors (Lipinski definition) is 3. The Labute approximate surface area is 166 Å². The van der Waals surface area contributed by atoms with Crippen LogP contribution in [0.1, 0.15) is 17.2 Å². The van der Waals surface area contributed by atoms with Crippen LogP contribution in [-0.4, -0.2) is 32.0 Å². The molecule has 0 radical (unpaired) electrons. The van der Waals surface area contributed by atoms with Crippen LogP contribution >= 0.6 is 0 Å². The minimum Gasteiger partial charge on any atom is -0.337 e. The quantitative estimate of drug-likeness (QED) is 0.518. The summed E-state index contributed by atoms with van der Waals surface area (Å²) in [6.45, 7) is 0.132. The fraction of sp³-hybridized carbons (Fsp3) is 0.174. The SMILES string of the molecule is O=CN(CCS(=O)(=O)c1ccccc1)[C@@H](Cc1ccccc1)c1ccccc1. The third-order valence-electron chi connectivity index (χ3n) is 4.71. The van der Waals surface area contributed by atoms with E-state index >= 15 is 0 Å². The molecule has 0 spiro atoms. The molecule has 0 aliphatic carbocycles. The number of benzene rings is 3. The number of carbonyl (C=O) groups excluding carboxylic acids is 1. The maximum Gasteiger partial charge on any atom is 0.210 e. The highest BCUT2D eigenvalue weighted by Gasteiger charge is 2.22. The van der Waals surface area contributed by atoms with Gasteiger partial charge >= 0.3 is 0 Å². The summed E-state index contributed by atoms with van der Waals surface area (Å²) in [6, 6.07) is 27.7. The summed E-state index contributed by atoms with van der Waals surface area (Å²) >= 11 is 0. The van der Waals surface area contributed by atoms with E-state index in [9.17, 15) is 13.2 Å². The van der Waals surface area contributed by atoms with Crippen LogP contribution in [0.25, 0.3) is 0 Å². The summed E-state index contributed by atoms with van der Waals surface area (Å²) in [5.74, 6) is -0.117. The second-order valence-corrected chi connectivity index (χ2v) is 8.70. The third kappa shape index (κ3) is 5.08. The van der Waals surface area contributed by atoms with Crippen molar-refractivity contribution in [3.05, 3.63) is 102 Å². The van der Waals surface area contributed by atoms with Crippen LogP contribution in [0.5, 0.6) is 0 Å². The maximum absolute atomic E-state index is 12.6. The van der Waals surface area contributed by atoms with Crippen molar-refractivity contribution in [1.82, 2.24) is 4.90 Å². The molecule has 1 atom stereocenters. The molecule has 0 aliphatic rings.